The number of aromatic nitrogens is 1. The lowest BCUT2D eigenvalue weighted by atomic mass is 10.0. The van der Waals surface area contributed by atoms with E-state index >= 15 is 0 Å². The van der Waals surface area contributed by atoms with Gasteiger partial charge in [-0.1, -0.05) is 32.1 Å². The van der Waals surface area contributed by atoms with Crippen molar-refractivity contribution in [2.45, 2.75) is 58.8 Å². The Kier molecular flexibility index (Phi) is 9.80. The minimum atomic E-state index is -0.213. The van der Waals surface area contributed by atoms with Crippen LogP contribution in [0.25, 0.3) is 0 Å². The minimum Gasteiger partial charge on any atom is -0.352 e. The van der Waals surface area contributed by atoms with Crippen molar-refractivity contribution in [3.05, 3.63) is 46.0 Å². The molecular weight excluding hydrogens is 384 g/mol. The number of aryl methyl sites for hydroxylation is 2. The third-order valence-corrected chi connectivity index (χ3v) is 5.57. The number of anilines is 1. The topological polar surface area (TPSA) is 97.1 Å². The van der Waals surface area contributed by atoms with Crippen molar-refractivity contribution in [3.8, 4) is 0 Å². The molecule has 1 aromatic carbocycles. The van der Waals surface area contributed by atoms with Crippen LogP contribution in [0.3, 0.4) is 0 Å². The molecule has 29 heavy (non-hydrogen) atoms. The summed E-state index contributed by atoms with van der Waals surface area (Å²) < 4.78 is 0. The van der Waals surface area contributed by atoms with E-state index in [1.165, 1.54) is 37.0 Å². The first-order chi connectivity index (χ1) is 14.0. The number of carbonyl (C=O) groups excluding carboxylic acids is 2. The maximum absolute atomic E-state index is 12.4. The summed E-state index contributed by atoms with van der Waals surface area (Å²) in [6, 6.07) is 5.15. The van der Waals surface area contributed by atoms with Gasteiger partial charge in [-0.25, -0.2) is 4.98 Å². The Morgan fingerprint density at radius 2 is 1.69 bits per heavy atom. The average molecular weight is 417 g/mol. The maximum atomic E-state index is 12.4. The van der Waals surface area contributed by atoms with E-state index in [2.05, 4.69) is 15.6 Å². The number of carbonyl (C=O) groups is 2. The molecule has 0 fully saturated rings. The molecule has 2 rings (SSSR count). The molecule has 158 valence electrons. The fourth-order valence-corrected chi connectivity index (χ4v) is 3.75. The van der Waals surface area contributed by atoms with Crippen LogP contribution in [-0.2, 0) is 0 Å². The summed E-state index contributed by atoms with van der Waals surface area (Å²) in [4.78, 5) is 30.0. The van der Waals surface area contributed by atoms with E-state index in [-0.39, 0.29) is 11.8 Å². The summed E-state index contributed by atoms with van der Waals surface area (Å²) in [5.74, 6) is -0.311. The summed E-state index contributed by atoms with van der Waals surface area (Å²) in [6.45, 7) is 5.23. The van der Waals surface area contributed by atoms with Crippen molar-refractivity contribution in [1.82, 2.24) is 10.3 Å². The number of amides is 2. The van der Waals surface area contributed by atoms with E-state index in [9.17, 15) is 9.59 Å². The summed E-state index contributed by atoms with van der Waals surface area (Å²) in [7, 11) is 0. The maximum Gasteiger partial charge on any atom is 0.257 e. The predicted molar refractivity (Wildman–Crippen MR) is 120 cm³/mol. The first-order valence-corrected chi connectivity index (χ1v) is 11.2. The van der Waals surface area contributed by atoms with Gasteiger partial charge in [0, 0.05) is 28.7 Å². The molecule has 4 N–H and O–H groups in total. The lowest BCUT2D eigenvalue weighted by molar-refractivity contribution is 0.0951. The SMILES string of the molecule is Cc1cnc(NC(=O)c2ccc(C(=O)NCCCCCCCCCN)cc2C)s1. The molecule has 2 amide bonds. The van der Waals surface area contributed by atoms with Crippen LogP contribution in [0.1, 0.15) is 76.1 Å². The van der Waals surface area contributed by atoms with Crippen LogP contribution in [-0.4, -0.2) is 29.9 Å². The largest absolute Gasteiger partial charge is 0.352 e. The van der Waals surface area contributed by atoms with E-state index < -0.39 is 0 Å². The molecule has 6 nitrogen and oxygen atoms in total. The van der Waals surface area contributed by atoms with Gasteiger partial charge in [0.2, 0.25) is 0 Å². The molecule has 0 saturated heterocycles. The van der Waals surface area contributed by atoms with E-state index in [0.717, 1.165) is 36.2 Å². The number of nitrogens with two attached hydrogens (primary N) is 1. The van der Waals surface area contributed by atoms with Crippen LogP contribution in [0.4, 0.5) is 5.13 Å². The van der Waals surface area contributed by atoms with Gasteiger partial charge in [0.25, 0.3) is 11.8 Å². The molecule has 0 aliphatic heterocycles. The van der Waals surface area contributed by atoms with Crippen molar-refractivity contribution < 1.29 is 9.59 Å². The zero-order valence-corrected chi connectivity index (χ0v) is 18.2. The molecule has 0 saturated carbocycles. The molecule has 1 aromatic heterocycles. The van der Waals surface area contributed by atoms with Gasteiger partial charge in [-0.3, -0.25) is 14.9 Å². The summed E-state index contributed by atoms with van der Waals surface area (Å²) in [6.07, 6.45) is 9.82. The van der Waals surface area contributed by atoms with Gasteiger partial charge in [-0.15, -0.1) is 11.3 Å². The summed E-state index contributed by atoms with van der Waals surface area (Å²) in [5.41, 5.74) is 7.37. The van der Waals surface area contributed by atoms with Crippen LogP contribution in [0.5, 0.6) is 0 Å². The molecule has 0 radical (unpaired) electrons. The Morgan fingerprint density at radius 1 is 1.00 bits per heavy atom. The number of benzene rings is 1. The van der Waals surface area contributed by atoms with Crippen LogP contribution in [0, 0.1) is 13.8 Å². The van der Waals surface area contributed by atoms with Crippen LogP contribution >= 0.6 is 11.3 Å². The van der Waals surface area contributed by atoms with Crippen molar-refractivity contribution in [2.24, 2.45) is 5.73 Å². The number of rotatable bonds is 12. The molecule has 0 aliphatic carbocycles. The second kappa shape index (κ2) is 12.3. The molecule has 7 heteroatoms. The van der Waals surface area contributed by atoms with E-state index in [1.807, 2.05) is 13.8 Å². The molecule has 0 bridgehead atoms. The first kappa shape index (κ1) is 23.0. The third kappa shape index (κ3) is 7.95. The van der Waals surface area contributed by atoms with Crippen LogP contribution in [0.15, 0.2) is 24.4 Å². The molecule has 0 atom stereocenters. The number of hydrogen-bond acceptors (Lipinski definition) is 5. The zero-order valence-electron chi connectivity index (χ0n) is 17.4. The van der Waals surface area contributed by atoms with Crippen LogP contribution < -0.4 is 16.4 Å². The van der Waals surface area contributed by atoms with Crippen molar-refractivity contribution in [2.75, 3.05) is 18.4 Å². The van der Waals surface area contributed by atoms with Gasteiger partial charge >= 0.3 is 0 Å². The highest BCUT2D eigenvalue weighted by molar-refractivity contribution is 7.15. The molecule has 0 aliphatic rings. The highest BCUT2D eigenvalue weighted by Crippen LogP contribution is 2.19. The van der Waals surface area contributed by atoms with Gasteiger partial charge in [0.05, 0.1) is 0 Å². The number of thiazole rings is 1. The minimum absolute atomic E-state index is 0.0986. The monoisotopic (exact) mass is 416 g/mol. The van der Waals surface area contributed by atoms with Gasteiger partial charge in [-0.2, -0.15) is 0 Å². The highest BCUT2D eigenvalue weighted by atomic mass is 32.1. The standard InChI is InChI=1S/C22H32N4O2S/c1-16-14-18(20(27)24-13-9-7-5-3-4-6-8-12-23)10-11-19(16)21(28)26-22-25-15-17(2)29-22/h10-11,14-15H,3-9,12-13,23H2,1-2H3,(H,24,27)(H,25,26,28). The molecule has 0 spiro atoms. The van der Waals surface area contributed by atoms with Crippen LogP contribution in [0.2, 0.25) is 0 Å². The molecule has 0 unspecified atom stereocenters. The number of nitrogens with zero attached hydrogens (tertiary/aromatic N) is 1. The van der Waals surface area contributed by atoms with Crippen molar-refractivity contribution in [3.63, 3.8) is 0 Å². The Labute approximate surface area is 177 Å². The van der Waals surface area contributed by atoms with Gasteiger partial charge in [-0.05, 0) is 57.0 Å². The second-order valence-corrected chi connectivity index (χ2v) is 8.51. The number of hydrogen-bond donors (Lipinski definition) is 3. The molecule has 2 aromatic rings. The predicted octanol–water partition coefficient (Wildman–Crippen LogP) is 4.43. The van der Waals surface area contributed by atoms with Gasteiger partial charge in [0.1, 0.15) is 0 Å². The highest BCUT2D eigenvalue weighted by Gasteiger charge is 2.13. The average Bonchev–Trinajstić information content (AvgIpc) is 3.10. The van der Waals surface area contributed by atoms with Gasteiger partial charge in [0.15, 0.2) is 5.13 Å². The number of unbranched alkanes of at least 4 members (excludes halogenated alkanes) is 6. The Balaban J connectivity index is 1.74. The lowest BCUT2D eigenvalue weighted by Gasteiger charge is -2.09. The summed E-state index contributed by atoms with van der Waals surface area (Å²) in [5, 5.41) is 6.34. The van der Waals surface area contributed by atoms with Gasteiger partial charge < -0.3 is 11.1 Å². The van der Waals surface area contributed by atoms with Crippen molar-refractivity contribution in [1.29, 1.82) is 0 Å². The Hall–Kier alpha value is -2.25. The summed E-state index contributed by atoms with van der Waals surface area (Å²) >= 11 is 1.43. The fraction of sp³-hybridized carbons (Fsp3) is 0.500. The normalized spacial score (nSPS) is 10.7. The quantitative estimate of drug-likeness (QED) is 0.446. The first-order valence-electron chi connectivity index (χ1n) is 10.3. The lowest BCUT2D eigenvalue weighted by Crippen LogP contribution is -2.24. The number of nitrogens with one attached hydrogen (secondary N) is 2. The molecular formula is C22H32N4O2S. The zero-order chi connectivity index (χ0) is 21.1. The fourth-order valence-electron chi connectivity index (χ4n) is 3.09. The Bertz CT molecular complexity index is 804. The van der Waals surface area contributed by atoms with Crippen molar-refractivity contribution >= 4 is 28.3 Å². The third-order valence-electron chi connectivity index (χ3n) is 4.74. The molecule has 1 heterocycles. The van der Waals surface area contributed by atoms with E-state index in [1.54, 1.807) is 24.4 Å². The second-order valence-electron chi connectivity index (χ2n) is 7.28. The smallest absolute Gasteiger partial charge is 0.257 e. The van der Waals surface area contributed by atoms with E-state index in [0.29, 0.717) is 22.8 Å². The van der Waals surface area contributed by atoms with E-state index in [4.69, 9.17) is 5.73 Å². The Morgan fingerprint density at radius 3 is 2.31 bits per heavy atom.